The van der Waals surface area contributed by atoms with Crippen LogP contribution < -0.4 is 10.2 Å². The molecule has 3 unspecified atom stereocenters. The average molecular weight is 1140 g/mol. The second-order valence-corrected chi connectivity index (χ2v) is 25.2. The third-order valence-corrected chi connectivity index (χ3v) is 15.8. The minimum Gasteiger partial charge on any atom is -0.756 e. The predicted molar refractivity (Wildman–Crippen MR) is 348 cm³/mol. The maximum atomic E-state index is 13.0. The second-order valence-electron chi connectivity index (χ2n) is 23.8. The van der Waals surface area contributed by atoms with Gasteiger partial charge in [0.2, 0.25) is 5.91 Å². The quantitative estimate of drug-likeness (QED) is 0.0272. The standard InChI is InChI=1S/C71H129N2O6P/c1-6-8-10-12-14-16-18-20-22-24-26-28-30-32-34-35-36-37-39-41-43-45-47-49-51-53-55-57-59-61-63-65-71(75)72-69(68-79-80(76,77)78-67-66-73(3,4)5)70(74)64-62-60-58-56-54-52-50-48-46-44-42-40-38-33-31-29-27-25-23-21-19-17-15-13-11-9-7-2/h8,10,14,16,20,22,26,28,32,34,36-37,41,43,47,49,69-70,74H,6-7,9,11-13,15,17-19,21,23-25,27,29-31,33,35,38-40,42,44-46,48,50-68H2,1-5H3,(H-,72,75,76,77)/b10-8-,16-14-,22-20-,28-26-,34-32-,37-36-,43-41-,49-47-. The summed E-state index contributed by atoms with van der Waals surface area (Å²) in [6.07, 6.45) is 87.5. The van der Waals surface area contributed by atoms with Crippen LogP contribution in [0.4, 0.5) is 0 Å². The largest absolute Gasteiger partial charge is 0.756 e. The molecule has 3 atom stereocenters. The first kappa shape index (κ1) is 77.4. The Bertz CT molecular complexity index is 1620. The molecule has 0 saturated heterocycles. The Kier molecular flexibility index (Phi) is 59.0. The number of carbonyl (C=O) groups is 1. The molecule has 1 amide bonds. The minimum absolute atomic E-state index is 0.00457. The van der Waals surface area contributed by atoms with Crippen LogP contribution in [-0.4, -0.2) is 68.5 Å². The summed E-state index contributed by atoms with van der Waals surface area (Å²) in [7, 11) is 1.29. The molecular weight excluding hydrogens is 1010 g/mol. The van der Waals surface area contributed by atoms with E-state index in [1.165, 1.54) is 167 Å². The van der Waals surface area contributed by atoms with Crippen molar-refractivity contribution in [3.63, 3.8) is 0 Å². The number of phosphoric ester groups is 1. The van der Waals surface area contributed by atoms with E-state index < -0.39 is 20.0 Å². The van der Waals surface area contributed by atoms with E-state index in [4.69, 9.17) is 9.05 Å². The van der Waals surface area contributed by atoms with Crippen LogP contribution in [0.2, 0.25) is 0 Å². The van der Waals surface area contributed by atoms with Gasteiger partial charge in [-0.15, -0.1) is 0 Å². The van der Waals surface area contributed by atoms with E-state index in [1.807, 2.05) is 21.1 Å². The van der Waals surface area contributed by atoms with E-state index >= 15 is 0 Å². The molecule has 9 heteroatoms. The van der Waals surface area contributed by atoms with Crippen molar-refractivity contribution in [3.05, 3.63) is 97.2 Å². The molecule has 0 saturated carbocycles. The minimum atomic E-state index is -4.59. The number of carbonyl (C=O) groups excluding carboxylic acids is 1. The van der Waals surface area contributed by atoms with Crippen LogP contribution in [-0.2, 0) is 18.4 Å². The highest BCUT2D eigenvalue weighted by Crippen LogP contribution is 2.38. The molecule has 464 valence electrons. The van der Waals surface area contributed by atoms with Gasteiger partial charge in [0.15, 0.2) is 0 Å². The molecule has 0 fully saturated rings. The number of rotatable bonds is 61. The van der Waals surface area contributed by atoms with Crippen molar-refractivity contribution >= 4 is 13.7 Å². The number of nitrogens with one attached hydrogen (secondary N) is 1. The zero-order chi connectivity index (χ0) is 58.4. The number of allylic oxidation sites excluding steroid dienone is 16. The van der Waals surface area contributed by atoms with Gasteiger partial charge in [0.1, 0.15) is 13.2 Å². The van der Waals surface area contributed by atoms with Gasteiger partial charge < -0.3 is 28.8 Å². The van der Waals surface area contributed by atoms with Crippen molar-refractivity contribution < 1.29 is 32.9 Å². The number of phosphoric acid groups is 1. The smallest absolute Gasteiger partial charge is 0.268 e. The highest BCUT2D eigenvalue weighted by atomic mass is 31.2. The van der Waals surface area contributed by atoms with E-state index in [1.54, 1.807) is 0 Å². The maximum Gasteiger partial charge on any atom is 0.268 e. The molecule has 0 aromatic heterocycles. The van der Waals surface area contributed by atoms with Crippen LogP contribution in [0.1, 0.15) is 296 Å². The molecule has 0 aliphatic rings. The summed E-state index contributed by atoms with van der Waals surface area (Å²) in [5.74, 6) is -0.180. The van der Waals surface area contributed by atoms with Gasteiger partial charge in [0.25, 0.3) is 7.82 Å². The number of aliphatic hydroxyl groups is 1. The van der Waals surface area contributed by atoms with E-state index in [9.17, 15) is 19.4 Å². The van der Waals surface area contributed by atoms with Crippen molar-refractivity contribution in [2.45, 2.75) is 309 Å². The van der Waals surface area contributed by atoms with Crippen molar-refractivity contribution in [2.24, 2.45) is 0 Å². The molecule has 0 rings (SSSR count). The summed E-state index contributed by atoms with van der Waals surface area (Å²) in [5.41, 5.74) is 0. The van der Waals surface area contributed by atoms with Gasteiger partial charge in [0, 0.05) is 6.42 Å². The molecule has 0 bridgehead atoms. The normalized spacial score (nSPS) is 14.3. The van der Waals surface area contributed by atoms with Gasteiger partial charge >= 0.3 is 0 Å². The van der Waals surface area contributed by atoms with Crippen molar-refractivity contribution in [2.75, 3.05) is 40.9 Å². The van der Waals surface area contributed by atoms with Crippen molar-refractivity contribution in [3.8, 4) is 0 Å². The second kappa shape index (κ2) is 61.0. The SMILES string of the molecule is CC/C=C\C/C=C\C/C=C\C/C=C\C/C=C\C/C=C\C/C=C\C/C=C\CCCCCCCCC(=O)NC(COP(=O)([O-])OCC[N+](C)(C)C)C(O)CCCCCCCCCCCCCCCCCCCCCCCCCCCCC. The lowest BCUT2D eigenvalue weighted by atomic mass is 10.0. The summed E-state index contributed by atoms with van der Waals surface area (Å²) < 4.78 is 23.5. The molecule has 0 spiro atoms. The molecular formula is C71H129N2O6P. The molecule has 0 aromatic carbocycles. The van der Waals surface area contributed by atoms with E-state index in [-0.39, 0.29) is 19.1 Å². The summed E-state index contributed by atoms with van der Waals surface area (Å²) in [5, 5.41) is 14.1. The predicted octanol–water partition coefficient (Wildman–Crippen LogP) is 20.7. The number of aliphatic hydroxyl groups excluding tert-OH is 1. The first-order chi connectivity index (χ1) is 39.0. The van der Waals surface area contributed by atoms with Crippen LogP contribution in [0.5, 0.6) is 0 Å². The van der Waals surface area contributed by atoms with Gasteiger partial charge in [-0.05, 0) is 77.0 Å². The number of quaternary nitrogens is 1. The lowest BCUT2D eigenvalue weighted by molar-refractivity contribution is -0.870. The Morgan fingerprint density at radius 2 is 0.762 bits per heavy atom. The zero-order valence-corrected chi connectivity index (χ0v) is 53.9. The van der Waals surface area contributed by atoms with Gasteiger partial charge in [-0.2, -0.15) is 0 Å². The third kappa shape index (κ3) is 63.0. The lowest BCUT2D eigenvalue weighted by Gasteiger charge is -2.30. The van der Waals surface area contributed by atoms with Gasteiger partial charge in [-0.25, -0.2) is 0 Å². The number of likely N-dealkylation sites (N-methyl/N-ethyl adjacent to an activating group) is 1. The lowest BCUT2D eigenvalue weighted by Crippen LogP contribution is -2.46. The molecule has 0 aliphatic carbocycles. The summed E-state index contributed by atoms with van der Waals surface area (Å²) in [6, 6.07) is -0.818. The molecule has 0 aliphatic heterocycles. The van der Waals surface area contributed by atoms with Crippen LogP contribution in [0.25, 0.3) is 0 Å². The third-order valence-electron chi connectivity index (χ3n) is 14.8. The van der Waals surface area contributed by atoms with E-state index in [0.29, 0.717) is 23.9 Å². The fourth-order valence-corrected chi connectivity index (χ4v) is 10.4. The first-order valence-corrected chi connectivity index (χ1v) is 35.0. The Morgan fingerprint density at radius 1 is 0.450 bits per heavy atom. The molecule has 2 N–H and O–H groups in total. The summed E-state index contributed by atoms with van der Waals surface area (Å²) >= 11 is 0. The zero-order valence-electron chi connectivity index (χ0n) is 53.0. The van der Waals surface area contributed by atoms with Crippen LogP contribution in [0.15, 0.2) is 97.2 Å². The van der Waals surface area contributed by atoms with Gasteiger partial charge in [0.05, 0.1) is 39.9 Å². The maximum absolute atomic E-state index is 13.0. The fourth-order valence-electron chi connectivity index (χ4n) is 9.65. The fraction of sp³-hybridized carbons (Fsp3) is 0.761. The molecule has 80 heavy (non-hydrogen) atoms. The number of hydrogen-bond acceptors (Lipinski definition) is 6. The summed E-state index contributed by atoms with van der Waals surface area (Å²) in [6.45, 7) is 4.62. The summed E-state index contributed by atoms with van der Waals surface area (Å²) in [4.78, 5) is 25.6. The van der Waals surface area contributed by atoms with E-state index in [0.717, 1.165) is 103 Å². The Labute approximate surface area is 496 Å². The topological polar surface area (TPSA) is 108 Å². The van der Waals surface area contributed by atoms with Crippen LogP contribution >= 0.6 is 7.82 Å². The number of nitrogens with zero attached hydrogens (tertiary/aromatic N) is 1. The molecule has 0 heterocycles. The number of unbranched alkanes of at least 4 members (excludes halogenated alkanes) is 32. The average Bonchev–Trinajstić information content (AvgIpc) is 3.42. The Morgan fingerprint density at radius 3 is 1.11 bits per heavy atom. The molecule has 0 radical (unpaired) electrons. The molecule has 0 aromatic rings. The Balaban J connectivity index is 4.15. The van der Waals surface area contributed by atoms with E-state index in [2.05, 4.69) is 116 Å². The first-order valence-electron chi connectivity index (χ1n) is 33.6. The highest BCUT2D eigenvalue weighted by Gasteiger charge is 2.24. The number of hydrogen-bond donors (Lipinski definition) is 2. The van der Waals surface area contributed by atoms with Gasteiger partial charge in [-0.1, -0.05) is 310 Å². The number of amides is 1. The Hall–Kier alpha value is -2.58. The monoisotopic (exact) mass is 1140 g/mol. The van der Waals surface area contributed by atoms with Crippen molar-refractivity contribution in [1.82, 2.24) is 5.32 Å². The van der Waals surface area contributed by atoms with Gasteiger partial charge in [-0.3, -0.25) is 9.36 Å². The highest BCUT2D eigenvalue weighted by molar-refractivity contribution is 7.45. The van der Waals surface area contributed by atoms with Crippen LogP contribution in [0, 0.1) is 0 Å². The van der Waals surface area contributed by atoms with Crippen molar-refractivity contribution in [1.29, 1.82) is 0 Å². The molecule has 8 nitrogen and oxygen atoms in total. The van der Waals surface area contributed by atoms with Crippen LogP contribution in [0.3, 0.4) is 0 Å².